The van der Waals surface area contributed by atoms with Crippen LogP contribution in [0.4, 0.5) is 0 Å². The van der Waals surface area contributed by atoms with Gasteiger partial charge in [-0.15, -0.1) is 11.3 Å². The van der Waals surface area contributed by atoms with Crippen LogP contribution in [0.5, 0.6) is 0 Å². The fourth-order valence-electron chi connectivity index (χ4n) is 2.12. The molecule has 1 rings (SSSR count). The van der Waals surface area contributed by atoms with E-state index >= 15 is 0 Å². The molecule has 19 heavy (non-hydrogen) atoms. The Labute approximate surface area is 121 Å². The van der Waals surface area contributed by atoms with Crippen LogP contribution in [0, 0.1) is 0 Å². The average molecular weight is 284 g/mol. The Hall–Kier alpha value is -0.420. The molecule has 0 saturated carbocycles. The van der Waals surface area contributed by atoms with E-state index < -0.39 is 0 Å². The van der Waals surface area contributed by atoms with Gasteiger partial charge in [-0.3, -0.25) is 4.90 Å². The molecule has 1 atom stereocenters. The molecule has 3 nitrogen and oxygen atoms in total. The van der Waals surface area contributed by atoms with Crippen LogP contribution in [0.1, 0.15) is 43.5 Å². The highest BCUT2D eigenvalue weighted by Gasteiger charge is 2.22. The minimum absolute atomic E-state index is 0.214. The molecule has 1 heterocycles. The van der Waals surface area contributed by atoms with Crippen molar-refractivity contribution in [2.24, 2.45) is 5.73 Å². The van der Waals surface area contributed by atoms with Gasteiger partial charge in [0.1, 0.15) is 0 Å². The van der Waals surface area contributed by atoms with E-state index in [0.29, 0.717) is 12.6 Å². The summed E-state index contributed by atoms with van der Waals surface area (Å²) in [5, 5.41) is 0. The minimum atomic E-state index is 0.214. The summed E-state index contributed by atoms with van der Waals surface area (Å²) < 4.78 is 5.19. The summed E-state index contributed by atoms with van der Waals surface area (Å²) in [4.78, 5) is 5.18. The molecular weight excluding hydrogens is 256 g/mol. The molecule has 0 amide bonds. The Balaban J connectivity index is 2.86. The second-order valence-corrected chi connectivity index (χ2v) is 6.94. The molecule has 0 aliphatic heterocycles. The van der Waals surface area contributed by atoms with Gasteiger partial charge in [0.15, 0.2) is 0 Å². The zero-order valence-electron chi connectivity index (χ0n) is 12.9. The Bertz CT molecular complexity index is 370. The van der Waals surface area contributed by atoms with E-state index in [1.807, 2.05) is 11.3 Å². The van der Waals surface area contributed by atoms with E-state index in [0.717, 1.165) is 19.7 Å². The van der Waals surface area contributed by atoms with Gasteiger partial charge in [-0.1, -0.05) is 27.7 Å². The third-order valence-electron chi connectivity index (χ3n) is 3.35. The predicted octanol–water partition coefficient (Wildman–Crippen LogP) is 3.01. The van der Waals surface area contributed by atoms with Crippen molar-refractivity contribution in [3.63, 3.8) is 0 Å². The van der Waals surface area contributed by atoms with Crippen LogP contribution in [0.25, 0.3) is 0 Å². The van der Waals surface area contributed by atoms with Crippen molar-refractivity contribution in [3.05, 3.63) is 21.9 Å². The number of nitrogens with two attached hydrogens (primary N) is 1. The van der Waals surface area contributed by atoms with Crippen molar-refractivity contribution in [2.45, 2.75) is 39.2 Å². The zero-order chi connectivity index (χ0) is 14.5. The monoisotopic (exact) mass is 284 g/mol. The van der Waals surface area contributed by atoms with Gasteiger partial charge in [-0.2, -0.15) is 0 Å². The van der Waals surface area contributed by atoms with E-state index in [1.54, 1.807) is 7.11 Å². The highest BCUT2D eigenvalue weighted by Crippen LogP contribution is 2.33. The van der Waals surface area contributed by atoms with Gasteiger partial charge in [-0.25, -0.2) is 0 Å². The molecule has 2 N–H and O–H groups in total. The summed E-state index contributed by atoms with van der Waals surface area (Å²) in [5.74, 6) is 0. The normalized spacial score (nSPS) is 14.1. The van der Waals surface area contributed by atoms with Crippen molar-refractivity contribution in [3.8, 4) is 0 Å². The summed E-state index contributed by atoms with van der Waals surface area (Å²) in [6, 6.07) is 4.78. The third kappa shape index (κ3) is 4.56. The average Bonchev–Trinajstić information content (AvgIpc) is 2.83. The molecule has 0 radical (unpaired) electrons. The first-order valence-electron chi connectivity index (χ1n) is 6.97. The predicted molar refractivity (Wildman–Crippen MR) is 83.9 cm³/mol. The maximum Gasteiger partial charge on any atom is 0.0589 e. The lowest BCUT2D eigenvalue weighted by molar-refractivity contribution is 0.127. The number of thiophene rings is 1. The van der Waals surface area contributed by atoms with Gasteiger partial charge in [0.05, 0.1) is 12.6 Å². The van der Waals surface area contributed by atoms with Crippen LogP contribution < -0.4 is 5.73 Å². The van der Waals surface area contributed by atoms with E-state index in [1.165, 1.54) is 9.75 Å². The molecule has 1 aromatic heterocycles. The van der Waals surface area contributed by atoms with Crippen LogP contribution in [0.3, 0.4) is 0 Å². The van der Waals surface area contributed by atoms with Crippen LogP contribution in [-0.2, 0) is 10.2 Å². The lowest BCUT2D eigenvalue weighted by Crippen LogP contribution is -2.35. The Kier molecular flexibility index (Phi) is 6.47. The maximum atomic E-state index is 6.00. The van der Waals surface area contributed by atoms with Gasteiger partial charge < -0.3 is 10.5 Å². The van der Waals surface area contributed by atoms with Gasteiger partial charge in [0, 0.05) is 30.0 Å². The zero-order valence-corrected chi connectivity index (χ0v) is 13.7. The van der Waals surface area contributed by atoms with Gasteiger partial charge in [0.25, 0.3) is 0 Å². The molecule has 1 unspecified atom stereocenters. The van der Waals surface area contributed by atoms with E-state index in [-0.39, 0.29) is 5.41 Å². The number of hydrogen-bond acceptors (Lipinski definition) is 4. The standard InChI is InChI=1S/C15H28N2OS/c1-6-17(9-10-18-5)12(11-16)13-7-8-14(19-13)15(2,3)4/h7-8,12H,6,9-11,16H2,1-5H3. The van der Waals surface area contributed by atoms with Crippen molar-refractivity contribution >= 4 is 11.3 Å². The first kappa shape index (κ1) is 16.6. The first-order chi connectivity index (χ1) is 8.93. The number of nitrogens with zero attached hydrogens (tertiary/aromatic N) is 1. The number of likely N-dealkylation sites (N-methyl/N-ethyl adjacent to an activating group) is 1. The smallest absolute Gasteiger partial charge is 0.0589 e. The summed E-state index contributed by atoms with van der Waals surface area (Å²) in [5.41, 5.74) is 6.21. The van der Waals surface area contributed by atoms with Gasteiger partial charge >= 0.3 is 0 Å². The fourth-order valence-corrected chi connectivity index (χ4v) is 3.34. The topological polar surface area (TPSA) is 38.5 Å². The minimum Gasteiger partial charge on any atom is -0.383 e. The number of ether oxygens (including phenoxy) is 1. The maximum absolute atomic E-state index is 6.00. The largest absolute Gasteiger partial charge is 0.383 e. The molecule has 110 valence electrons. The lowest BCUT2D eigenvalue weighted by Gasteiger charge is -2.29. The molecule has 0 spiro atoms. The molecule has 0 saturated heterocycles. The highest BCUT2D eigenvalue weighted by atomic mass is 32.1. The van der Waals surface area contributed by atoms with Crippen molar-refractivity contribution < 1.29 is 4.74 Å². The van der Waals surface area contributed by atoms with Crippen molar-refractivity contribution in [1.82, 2.24) is 4.90 Å². The fraction of sp³-hybridized carbons (Fsp3) is 0.733. The Morgan fingerprint density at radius 3 is 2.47 bits per heavy atom. The molecule has 0 aliphatic carbocycles. The van der Waals surface area contributed by atoms with E-state index in [9.17, 15) is 0 Å². The van der Waals surface area contributed by atoms with Gasteiger partial charge in [0.2, 0.25) is 0 Å². The molecule has 0 aliphatic rings. The summed E-state index contributed by atoms with van der Waals surface area (Å²) in [6.45, 7) is 12.3. The van der Waals surface area contributed by atoms with Crippen LogP contribution in [-0.4, -0.2) is 38.3 Å². The highest BCUT2D eigenvalue weighted by molar-refractivity contribution is 7.12. The third-order valence-corrected chi connectivity index (χ3v) is 4.96. The van der Waals surface area contributed by atoms with Crippen LogP contribution in [0.2, 0.25) is 0 Å². The Morgan fingerprint density at radius 1 is 1.37 bits per heavy atom. The van der Waals surface area contributed by atoms with E-state index in [4.69, 9.17) is 10.5 Å². The first-order valence-corrected chi connectivity index (χ1v) is 7.79. The molecule has 0 bridgehead atoms. The van der Waals surface area contributed by atoms with Crippen LogP contribution in [0.15, 0.2) is 12.1 Å². The molecule has 0 fully saturated rings. The van der Waals surface area contributed by atoms with Crippen molar-refractivity contribution in [1.29, 1.82) is 0 Å². The molecular formula is C15H28N2OS. The summed E-state index contributed by atoms with van der Waals surface area (Å²) in [6.07, 6.45) is 0. The Morgan fingerprint density at radius 2 is 2.05 bits per heavy atom. The molecule has 0 aromatic carbocycles. The van der Waals surface area contributed by atoms with Gasteiger partial charge in [-0.05, 0) is 24.1 Å². The number of hydrogen-bond donors (Lipinski definition) is 1. The molecule has 1 aromatic rings. The quantitative estimate of drug-likeness (QED) is 0.836. The lowest BCUT2D eigenvalue weighted by atomic mass is 9.95. The number of methoxy groups -OCH3 is 1. The molecule has 4 heteroatoms. The second-order valence-electron chi connectivity index (χ2n) is 5.82. The SMILES string of the molecule is CCN(CCOC)C(CN)c1ccc(C(C)(C)C)s1. The summed E-state index contributed by atoms with van der Waals surface area (Å²) >= 11 is 1.89. The van der Waals surface area contributed by atoms with E-state index in [2.05, 4.69) is 44.7 Å². The summed E-state index contributed by atoms with van der Waals surface area (Å²) in [7, 11) is 1.74. The number of rotatable bonds is 7. The second kappa shape index (κ2) is 7.39. The van der Waals surface area contributed by atoms with Crippen LogP contribution >= 0.6 is 11.3 Å². The van der Waals surface area contributed by atoms with Crippen molar-refractivity contribution in [2.75, 3.05) is 33.4 Å².